The van der Waals surface area contributed by atoms with Gasteiger partial charge in [-0.05, 0) is 39.2 Å². The first-order valence-electron chi connectivity index (χ1n) is 9.39. The second-order valence-corrected chi connectivity index (χ2v) is 9.15. The van der Waals surface area contributed by atoms with Crippen molar-refractivity contribution >= 4 is 18.3 Å². The quantitative estimate of drug-likeness (QED) is 0.715. The third kappa shape index (κ3) is 3.50. The van der Waals surface area contributed by atoms with Gasteiger partial charge in [-0.15, -0.1) is 0 Å². The molecule has 0 radical (unpaired) electrons. The van der Waals surface area contributed by atoms with E-state index in [4.69, 9.17) is 14.0 Å². The minimum absolute atomic E-state index is 0.0383. The van der Waals surface area contributed by atoms with Gasteiger partial charge in [-0.2, -0.15) is 0 Å². The number of nitrogens with zero attached hydrogens (tertiary/aromatic N) is 1. The predicted octanol–water partition coefficient (Wildman–Crippen LogP) is 3.71. The summed E-state index contributed by atoms with van der Waals surface area (Å²) in [6.07, 6.45) is 0. The highest BCUT2D eigenvalue weighted by atomic mass is 19.3. The second-order valence-electron chi connectivity index (χ2n) is 9.15. The molecule has 0 amide bonds. The Morgan fingerprint density at radius 3 is 2.25 bits per heavy atom. The van der Waals surface area contributed by atoms with Gasteiger partial charge in [0.1, 0.15) is 11.4 Å². The highest BCUT2D eigenvalue weighted by molar-refractivity contribution is 6.61. The van der Waals surface area contributed by atoms with E-state index in [1.807, 2.05) is 13.8 Å². The van der Waals surface area contributed by atoms with Crippen LogP contribution >= 0.6 is 0 Å². The van der Waals surface area contributed by atoms with Crippen molar-refractivity contribution in [3.05, 3.63) is 29.6 Å². The molecule has 0 unspecified atom stereocenters. The largest absolute Gasteiger partial charge is 0.493 e. The van der Waals surface area contributed by atoms with Gasteiger partial charge in [0.05, 0.1) is 6.61 Å². The summed E-state index contributed by atoms with van der Waals surface area (Å²) in [6.45, 7) is 10.3. The molecule has 0 spiro atoms. The molecule has 0 aromatic heterocycles. The lowest BCUT2D eigenvalue weighted by molar-refractivity contribution is -0.214. The number of ether oxygens (including phenoxy) is 1. The molecule has 0 N–H and O–H groups in total. The van der Waals surface area contributed by atoms with E-state index in [0.29, 0.717) is 24.4 Å². The number of hydrogen-bond donors (Lipinski definition) is 0. The zero-order valence-corrected chi connectivity index (χ0v) is 17.2. The van der Waals surface area contributed by atoms with Gasteiger partial charge in [-0.1, -0.05) is 26.0 Å². The van der Waals surface area contributed by atoms with E-state index < -0.39 is 30.0 Å². The average Bonchev–Trinajstić information content (AvgIpc) is 2.65. The third-order valence-electron chi connectivity index (χ3n) is 5.46. The fourth-order valence-corrected chi connectivity index (χ4v) is 3.62. The van der Waals surface area contributed by atoms with Crippen LogP contribution in [0.15, 0.2) is 23.2 Å². The van der Waals surface area contributed by atoms with Crippen LogP contribution in [0.1, 0.15) is 47.1 Å². The monoisotopic (exact) mass is 397 g/mol. The summed E-state index contributed by atoms with van der Waals surface area (Å²) >= 11 is 0. The lowest BCUT2D eigenvalue weighted by Gasteiger charge is -2.42. The molecular weight excluding hydrogens is 370 g/mol. The lowest BCUT2D eigenvalue weighted by Crippen LogP contribution is -2.56. The second kappa shape index (κ2) is 6.85. The van der Waals surface area contributed by atoms with Crippen LogP contribution in [-0.2, 0) is 19.6 Å². The van der Waals surface area contributed by atoms with Gasteiger partial charge in [0, 0.05) is 29.9 Å². The van der Waals surface area contributed by atoms with E-state index >= 15 is 8.78 Å². The molecule has 154 valence electrons. The molecule has 1 aromatic rings. The smallest absolute Gasteiger partial charge is 0.407 e. The number of benzene rings is 1. The Morgan fingerprint density at radius 2 is 1.64 bits per heavy atom. The van der Waals surface area contributed by atoms with Gasteiger partial charge >= 0.3 is 13.0 Å². The van der Waals surface area contributed by atoms with Crippen molar-refractivity contribution in [2.24, 2.45) is 10.4 Å². The minimum Gasteiger partial charge on any atom is -0.407 e. The normalized spacial score (nSPS) is 29.2. The topological polar surface area (TPSA) is 40.0 Å². The van der Waals surface area contributed by atoms with E-state index in [1.54, 1.807) is 6.92 Å². The Kier molecular flexibility index (Phi) is 5.22. The first kappa shape index (κ1) is 21.3. The Hall–Kier alpha value is -1.38. The van der Waals surface area contributed by atoms with E-state index in [-0.39, 0.29) is 17.6 Å². The Morgan fingerprint density at radius 1 is 1.04 bits per heavy atom. The molecule has 1 atom stereocenters. The maximum Gasteiger partial charge on any atom is 0.493 e. The fraction of sp³-hybridized carbons (Fsp3) is 0.650. The maximum absolute atomic E-state index is 15.5. The number of aliphatic imine (C=N–C) groups is 1. The SMILES string of the molecule is CC1=N[C@](C)(c2cc(B3OCC(C)(C)CO3)ccc2F)C(F)(F)C(C)(C)OC1. The molecule has 1 fully saturated rings. The summed E-state index contributed by atoms with van der Waals surface area (Å²) in [7, 11) is -0.732. The highest BCUT2D eigenvalue weighted by Crippen LogP contribution is 2.50. The zero-order chi connectivity index (χ0) is 21.0. The minimum atomic E-state index is -3.46. The molecule has 0 bridgehead atoms. The van der Waals surface area contributed by atoms with Crippen molar-refractivity contribution in [2.45, 2.75) is 58.6 Å². The summed E-state index contributed by atoms with van der Waals surface area (Å²) in [4.78, 5) is 4.22. The van der Waals surface area contributed by atoms with Crippen molar-refractivity contribution < 1.29 is 27.2 Å². The van der Waals surface area contributed by atoms with Crippen molar-refractivity contribution in [1.82, 2.24) is 0 Å². The standard InChI is InChI=1S/C20H27BF3NO3/c1-13-10-26-18(4,5)20(23,24)19(6,25-13)15-9-14(7-8-16(15)22)21-27-11-17(2,3)12-28-21/h7-9H,10-12H2,1-6H3/t19-/m1/s1. The van der Waals surface area contributed by atoms with Crippen LogP contribution < -0.4 is 5.46 Å². The number of hydrogen-bond acceptors (Lipinski definition) is 4. The van der Waals surface area contributed by atoms with Gasteiger partial charge < -0.3 is 14.0 Å². The van der Waals surface area contributed by atoms with E-state index in [1.165, 1.54) is 39.0 Å². The highest BCUT2D eigenvalue weighted by Gasteiger charge is 2.63. The van der Waals surface area contributed by atoms with E-state index in [9.17, 15) is 4.39 Å². The van der Waals surface area contributed by atoms with Crippen LogP contribution in [0, 0.1) is 11.2 Å². The van der Waals surface area contributed by atoms with Crippen LogP contribution in [0.5, 0.6) is 0 Å². The molecule has 2 aliphatic heterocycles. The molecule has 0 saturated carbocycles. The van der Waals surface area contributed by atoms with Crippen molar-refractivity contribution in [1.29, 1.82) is 0 Å². The van der Waals surface area contributed by atoms with Gasteiger partial charge in [0.25, 0.3) is 0 Å². The molecule has 28 heavy (non-hydrogen) atoms. The number of halogens is 3. The van der Waals surface area contributed by atoms with E-state index in [0.717, 1.165) is 0 Å². The Balaban J connectivity index is 2.07. The summed E-state index contributed by atoms with van der Waals surface area (Å²) in [5.41, 5.74) is -3.44. The van der Waals surface area contributed by atoms with Crippen LogP contribution in [0.2, 0.25) is 0 Å². The molecule has 8 heteroatoms. The molecule has 1 aromatic carbocycles. The third-order valence-corrected chi connectivity index (χ3v) is 5.46. The summed E-state index contributed by atoms with van der Waals surface area (Å²) in [5.74, 6) is -4.22. The molecular formula is C20H27BF3NO3. The first-order valence-corrected chi connectivity index (χ1v) is 9.39. The van der Waals surface area contributed by atoms with Crippen molar-refractivity contribution in [3.8, 4) is 0 Å². The van der Waals surface area contributed by atoms with E-state index in [2.05, 4.69) is 4.99 Å². The summed E-state index contributed by atoms with van der Waals surface area (Å²) in [6, 6.07) is 4.05. The van der Waals surface area contributed by atoms with Crippen LogP contribution in [0.25, 0.3) is 0 Å². The van der Waals surface area contributed by atoms with Gasteiger partial charge in [0.15, 0.2) is 5.54 Å². The lowest BCUT2D eigenvalue weighted by atomic mass is 9.72. The Bertz CT molecular complexity index is 787. The van der Waals surface area contributed by atoms with Crippen LogP contribution in [0.4, 0.5) is 13.2 Å². The van der Waals surface area contributed by atoms with Crippen molar-refractivity contribution in [3.63, 3.8) is 0 Å². The summed E-state index contributed by atoms with van der Waals surface area (Å²) < 4.78 is 62.8. The molecule has 1 saturated heterocycles. The number of alkyl halides is 2. The molecule has 0 aliphatic carbocycles. The van der Waals surface area contributed by atoms with Gasteiger partial charge in [0.2, 0.25) is 0 Å². The first-order chi connectivity index (χ1) is 12.8. The number of rotatable bonds is 2. The van der Waals surface area contributed by atoms with Crippen molar-refractivity contribution in [2.75, 3.05) is 19.8 Å². The van der Waals surface area contributed by atoms with Crippen LogP contribution in [0.3, 0.4) is 0 Å². The van der Waals surface area contributed by atoms with Crippen LogP contribution in [-0.4, -0.2) is 44.2 Å². The maximum atomic E-state index is 15.5. The summed E-state index contributed by atoms with van der Waals surface area (Å²) in [5, 5.41) is 0. The molecule has 4 nitrogen and oxygen atoms in total. The molecule has 2 heterocycles. The zero-order valence-electron chi connectivity index (χ0n) is 17.2. The molecule has 3 rings (SSSR count). The fourth-order valence-electron chi connectivity index (χ4n) is 3.62. The average molecular weight is 397 g/mol. The molecule has 2 aliphatic rings. The van der Waals surface area contributed by atoms with Gasteiger partial charge in [-0.3, -0.25) is 4.99 Å². The Labute approximate surface area is 164 Å². The predicted molar refractivity (Wildman–Crippen MR) is 103 cm³/mol. The van der Waals surface area contributed by atoms with Gasteiger partial charge in [-0.25, -0.2) is 13.2 Å².